The molecule has 2 N–H and O–H groups in total. The first-order valence-corrected chi connectivity index (χ1v) is 6.17. The molecule has 0 bridgehead atoms. The van der Waals surface area contributed by atoms with Gasteiger partial charge in [0, 0.05) is 29.5 Å². The van der Waals surface area contributed by atoms with E-state index in [2.05, 4.69) is 31.5 Å². The number of aromatic nitrogens is 1. The predicted octanol–water partition coefficient (Wildman–Crippen LogP) is 2.17. The number of amides is 1. The van der Waals surface area contributed by atoms with E-state index in [-0.39, 0.29) is 36.8 Å². The van der Waals surface area contributed by atoms with E-state index in [0.29, 0.717) is 5.56 Å². The maximum Gasteiger partial charge on any atom is 0.253 e. The lowest BCUT2D eigenvalue weighted by atomic mass is 10.1. The highest BCUT2D eigenvalue weighted by atomic mass is 79.9. The summed E-state index contributed by atoms with van der Waals surface area (Å²) in [6.07, 6.45) is 5.40. The molecule has 4 nitrogen and oxygen atoms in total. The van der Waals surface area contributed by atoms with Gasteiger partial charge >= 0.3 is 0 Å². The molecule has 0 spiro atoms. The van der Waals surface area contributed by atoms with E-state index in [4.69, 9.17) is 0 Å². The Hall–Kier alpha value is -0.360. The monoisotopic (exact) mass is 355 g/mol. The van der Waals surface area contributed by atoms with Gasteiger partial charge < -0.3 is 10.6 Å². The summed E-state index contributed by atoms with van der Waals surface area (Å²) < 4.78 is 0.821. The fourth-order valence-electron chi connectivity index (χ4n) is 1.78. The molecule has 7 heteroatoms. The van der Waals surface area contributed by atoms with E-state index in [1.165, 1.54) is 0 Å². The van der Waals surface area contributed by atoms with Crippen LogP contribution in [0.4, 0.5) is 0 Å². The van der Waals surface area contributed by atoms with Crippen molar-refractivity contribution in [1.82, 2.24) is 15.6 Å². The van der Waals surface area contributed by atoms with Gasteiger partial charge in [0.25, 0.3) is 5.91 Å². The molecule has 1 unspecified atom stereocenters. The molecule has 0 aromatic carbocycles. The summed E-state index contributed by atoms with van der Waals surface area (Å²) in [5.74, 6) is -0.0532. The van der Waals surface area contributed by atoms with Crippen LogP contribution in [0, 0.1) is 0 Å². The first-order chi connectivity index (χ1) is 7.75. The molecule has 2 heterocycles. The van der Waals surface area contributed by atoms with E-state index in [0.717, 1.165) is 30.4 Å². The molecule has 1 aromatic rings. The second-order valence-corrected chi connectivity index (χ2v) is 4.82. The van der Waals surface area contributed by atoms with Crippen molar-refractivity contribution in [2.75, 3.05) is 13.1 Å². The second-order valence-electron chi connectivity index (χ2n) is 3.91. The van der Waals surface area contributed by atoms with Crippen LogP contribution in [0.25, 0.3) is 0 Å². The fourth-order valence-corrected chi connectivity index (χ4v) is 2.14. The summed E-state index contributed by atoms with van der Waals surface area (Å²) in [5, 5.41) is 6.26. The molecule has 102 valence electrons. The van der Waals surface area contributed by atoms with Gasteiger partial charge in [-0.3, -0.25) is 9.78 Å². The fraction of sp³-hybridized carbons (Fsp3) is 0.455. The summed E-state index contributed by atoms with van der Waals surface area (Å²) in [7, 11) is 0. The van der Waals surface area contributed by atoms with Crippen LogP contribution in [0.3, 0.4) is 0 Å². The molecule has 1 atom stereocenters. The van der Waals surface area contributed by atoms with Crippen molar-refractivity contribution < 1.29 is 4.79 Å². The third kappa shape index (κ3) is 5.10. The lowest BCUT2D eigenvalue weighted by molar-refractivity contribution is 0.0930. The molecule has 0 aliphatic carbocycles. The van der Waals surface area contributed by atoms with Crippen LogP contribution in [-0.4, -0.2) is 30.0 Å². The van der Waals surface area contributed by atoms with Gasteiger partial charge in [-0.15, -0.1) is 24.8 Å². The number of rotatable bonds is 2. The van der Waals surface area contributed by atoms with Crippen LogP contribution in [0.2, 0.25) is 0 Å². The van der Waals surface area contributed by atoms with Gasteiger partial charge in [-0.2, -0.15) is 0 Å². The highest BCUT2D eigenvalue weighted by Crippen LogP contribution is 2.10. The van der Waals surface area contributed by atoms with Gasteiger partial charge in [-0.1, -0.05) is 0 Å². The molecule has 2 rings (SSSR count). The molecular formula is C11H16BrCl2N3O. The average molecular weight is 357 g/mol. The minimum Gasteiger partial charge on any atom is -0.348 e. The lowest BCUT2D eigenvalue weighted by Gasteiger charge is -2.23. The summed E-state index contributed by atoms with van der Waals surface area (Å²) in [6, 6.07) is 2.01. The lowest BCUT2D eigenvalue weighted by Crippen LogP contribution is -2.45. The van der Waals surface area contributed by atoms with Gasteiger partial charge in [0.2, 0.25) is 0 Å². The zero-order valence-corrected chi connectivity index (χ0v) is 12.9. The zero-order chi connectivity index (χ0) is 11.4. The Morgan fingerprint density at radius 1 is 1.44 bits per heavy atom. The van der Waals surface area contributed by atoms with Crippen molar-refractivity contribution in [3.8, 4) is 0 Å². The summed E-state index contributed by atoms with van der Waals surface area (Å²) >= 11 is 3.30. The van der Waals surface area contributed by atoms with Crippen molar-refractivity contribution in [2.24, 2.45) is 0 Å². The third-order valence-corrected chi connectivity index (χ3v) is 3.03. The number of piperidine rings is 1. The first-order valence-electron chi connectivity index (χ1n) is 5.38. The van der Waals surface area contributed by atoms with E-state index < -0.39 is 0 Å². The second kappa shape index (κ2) is 8.69. The van der Waals surface area contributed by atoms with Crippen molar-refractivity contribution in [1.29, 1.82) is 0 Å². The van der Waals surface area contributed by atoms with Gasteiger partial charge in [0.15, 0.2) is 0 Å². The number of hydrogen-bond acceptors (Lipinski definition) is 3. The summed E-state index contributed by atoms with van der Waals surface area (Å²) in [6.45, 7) is 1.90. The summed E-state index contributed by atoms with van der Waals surface area (Å²) in [4.78, 5) is 15.8. The van der Waals surface area contributed by atoms with Crippen molar-refractivity contribution in [3.63, 3.8) is 0 Å². The van der Waals surface area contributed by atoms with E-state index in [1.807, 2.05) is 0 Å². The zero-order valence-electron chi connectivity index (χ0n) is 9.69. The van der Waals surface area contributed by atoms with Gasteiger partial charge in [0.05, 0.1) is 5.56 Å². The van der Waals surface area contributed by atoms with Gasteiger partial charge in [-0.25, -0.2) is 0 Å². The highest BCUT2D eigenvalue weighted by molar-refractivity contribution is 9.10. The summed E-state index contributed by atoms with van der Waals surface area (Å²) in [5.41, 5.74) is 0.597. The molecule has 1 saturated heterocycles. The predicted molar refractivity (Wildman–Crippen MR) is 79.8 cm³/mol. The van der Waals surface area contributed by atoms with Crippen molar-refractivity contribution in [2.45, 2.75) is 18.9 Å². The van der Waals surface area contributed by atoms with E-state index >= 15 is 0 Å². The Bertz CT molecular complexity index is 386. The number of carbonyl (C=O) groups excluding carboxylic acids is 1. The van der Waals surface area contributed by atoms with Crippen LogP contribution >= 0.6 is 40.7 Å². The maximum atomic E-state index is 11.9. The maximum absolute atomic E-state index is 11.9. The van der Waals surface area contributed by atoms with E-state index in [9.17, 15) is 4.79 Å². The first kappa shape index (κ1) is 17.6. The third-order valence-electron chi connectivity index (χ3n) is 2.60. The Labute approximate surface area is 127 Å². The number of nitrogens with zero attached hydrogens (tertiary/aromatic N) is 1. The largest absolute Gasteiger partial charge is 0.348 e. The molecule has 1 aromatic heterocycles. The highest BCUT2D eigenvalue weighted by Gasteiger charge is 2.16. The Morgan fingerprint density at radius 2 is 2.22 bits per heavy atom. The molecule has 0 saturated carbocycles. The minimum absolute atomic E-state index is 0. The molecule has 1 aliphatic heterocycles. The normalized spacial score (nSPS) is 18.2. The van der Waals surface area contributed by atoms with Crippen LogP contribution in [0.5, 0.6) is 0 Å². The molecule has 1 aliphatic rings. The van der Waals surface area contributed by atoms with Gasteiger partial charge in [-0.05, 0) is 41.4 Å². The number of pyridine rings is 1. The smallest absolute Gasteiger partial charge is 0.253 e. The van der Waals surface area contributed by atoms with Crippen LogP contribution in [0.1, 0.15) is 23.2 Å². The average Bonchev–Trinajstić information content (AvgIpc) is 2.30. The minimum atomic E-state index is -0.0532. The topological polar surface area (TPSA) is 54.0 Å². The Balaban J connectivity index is 0.00000144. The molecular weight excluding hydrogens is 341 g/mol. The van der Waals surface area contributed by atoms with Crippen molar-refractivity contribution in [3.05, 3.63) is 28.5 Å². The molecule has 0 radical (unpaired) electrons. The SMILES string of the molecule is Cl.Cl.O=C(NC1CCCNC1)c1cncc(Br)c1. The molecule has 1 fully saturated rings. The van der Waals surface area contributed by atoms with Crippen LogP contribution < -0.4 is 10.6 Å². The molecule has 1 amide bonds. The van der Waals surface area contributed by atoms with Gasteiger partial charge in [0.1, 0.15) is 0 Å². The number of carbonyl (C=O) groups is 1. The standard InChI is InChI=1S/C11H14BrN3O.2ClH/c12-9-4-8(5-14-6-9)11(16)15-10-2-1-3-13-7-10;;/h4-6,10,13H,1-3,7H2,(H,15,16);2*1H. The molecule has 18 heavy (non-hydrogen) atoms. The van der Waals surface area contributed by atoms with Crippen LogP contribution in [0.15, 0.2) is 22.9 Å². The Kier molecular flexibility index (Phi) is 8.52. The van der Waals surface area contributed by atoms with Crippen LogP contribution in [-0.2, 0) is 0 Å². The number of nitrogens with one attached hydrogen (secondary N) is 2. The Morgan fingerprint density at radius 3 is 2.83 bits per heavy atom. The van der Waals surface area contributed by atoms with Crippen molar-refractivity contribution >= 4 is 46.7 Å². The number of halogens is 3. The quantitative estimate of drug-likeness (QED) is 0.853. The van der Waals surface area contributed by atoms with E-state index in [1.54, 1.807) is 18.5 Å². The number of hydrogen-bond donors (Lipinski definition) is 2.